The quantitative estimate of drug-likeness (QED) is 0.421. The summed E-state index contributed by atoms with van der Waals surface area (Å²) in [5.41, 5.74) is 5.62. The number of rotatable bonds is 6. The van der Waals surface area contributed by atoms with E-state index < -0.39 is 12.7 Å². The van der Waals surface area contributed by atoms with E-state index in [0.29, 0.717) is 38.7 Å². The van der Waals surface area contributed by atoms with Crippen LogP contribution in [-0.4, -0.2) is 63.5 Å². The van der Waals surface area contributed by atoms with Gasteiger partial charge in [0.25, 0.3) is 0 Å². The van der Waals surface area contributed by atoms with Crippen LogP contribution in [0.2, 0.25) is 0 Å². The highest BCUT2D eigenvalue weighted by Gasteiger charge is 2.34. The number of hydrogen-bond acceptors (Lipinski definition) is 3. The minimum Gasteiger partial charge on any atom is -0.383 e. The van der Waals surface area contributed by atoms with Gasteiger partial charge in [-0.15, -0.1) is 0 Å². The Morgan fingerprint density at radius 1 is 1.53 bits per heavy atom. The van der Waals surface area contributed by atoms with Gasteiger partial charge in [-0.05, 0) is 18.9 Å². The van der Waals surface area contributed by atoms with E-state index >= 15 is 0 Å². The van der Waals surface area contributed by atoms with Gasteiger partial charge in [-0.1, -0.05) is 0 Å². The molecule has 0 saturated carbocycles. The summed E-state index contributed by atoms with van der Waals surface area (Å²) in [6.45, 7) is 1.61. The Balaban J connectivity index is 2.22. The number of nitrogens with zero attached hydrogens (tertiary/aromatic N) is 2. The molecule has 0 radical (unpaired) electrons. The second-order valence-corrected chi connectivity index (χ2v) is 4.65. The van der Waals surface area contributed by atoms with Crippen LogP contribution in [0.25, 0.3) is 0 Å². The molecule has 0 aromatic rings. The second-order valence-electron chi connectivity index (χ2n) is 4.65. The van der Waals surface area contributed by atoms with Crippen molar-refractivity contribution in [2.24, 2.45) is 16.6 Å². The number of nitrogens with one attached hydrogen (secondary N) is 1. The molecular formula is C11H21F3N4O. The predicted octanol–water partition coefficient (Wildman–Crippen LogP) is 0.421. The molecule has 3 N–H and O–H groups in total. The number of alkyl halides is 3. The molecule has 1 rings (SSSR count). The molecule has 0 bridgehead atoms. The highest BCUT2D eigenvalue weighted by atomic mass is 19.4. The van der Waals surface area contributed by atoms with Gasteiger partial charge >= 0.3 is 6.18 Å². The molecule has 1 aliphatic heterocycles. The standard InChI is InChI=1S/C11H21F3N4O/c1-19-5-3-16-10(15)17-6-9-2-4-18(7-9)8-11(12,13)14/h9H,2-8H2,1H3,(H3,15,16,17). The molecule has 1 fully saturated rings. The largest absolute Gasteiger partial charge is 0.401 e. The maximum absolute atomic E-state index is 12.2. The van der Waals surface area contributed by atoms with E-state index in [4.69, 9.17) is 10.5 Å². The first-order valence-corrected chi connectivity index (χ1v) is 6.22. The number of methoxy groups -OCH3 is 1. The molecule has 112 valence electrons. The van der Waals surface area contributed by atoms with Gasteiger partial charge in [-0.25, -0.2) is 0 Å². The van der Waals surface area contributed by atoms with Gasteiger partial charge in [0.05, 0.1) is 13.2 Å². The van der Waals surface area contributed by atoms with Crippen molar-refractivity contribution in [1.82, 2.24) is 10.2 Å². The minimum atomic E-state index is -4.13. The number of likely N-dealkylation sites (tertiary alicyclic amines) is 1. The van der Waals surface area contributed by atoms with Crippen molar-refractivity contribution in [3.05, 3.63) is 0 Å². The highest BCUT2D eigenvalue weighted by Crippen LogP contribution is 2.22. The second kappa shape index (κ2) is 7.54. The summed E-state index contributed by atoms with van der Waals surface area (Å²) in [6, 6.07) is 0. The summed E-state index contributed by atoms with van der Waals surface area (Å²) >= 11 is 0. The van der Waals surface area contributed by atoms with Gasteiger partial charge in [0.1, 0.15) is 0 Å². The van der Waals surface area contributed by atoms with Crippen molar-refractivity contribution in [3.8, 4) is 0 Å². The molecule has 8 heteroatoms. The fourth-order valence-corrected chi connectivity index (χ4v) is 2.02. The molecule has 19 heavy (non-hydrogen) atoms. The van der Waals surface area contributed by atoms with Gasteiger partial charge < -0.3 is 15.8 Å². The Bertz CT molecular complexity index is 296. The average molecular weight is 282 g/mol. The van der Waals surface area contributed by atoms with Crippen molar-refractivity contribution >= 4 is 5.96 Å². The molecule has 5 nitrogen and oxygen atoms in total. The van der Waals surface area contributed by atoms with Gasteiger partial charge in [0, 0.05) is 26.7 Å². The number of nitrogens with two attached hydrogens (primary N) is 1. The van der Waals surface area contributed by atoms with Crippen LogP contribution in [0.5, 0.6) is 0 Å². The lowest BCUT2D eigenvalue weighted by Gasteiger charge is -2.17. The van der Waals surface area contributed by atoms with Gasteiger partial charge in [-0.2, -0.15) is 13.2 Å². The number of hydrogen-bond donors (Lipinski definition) is 2. The van der Waals surface area contributed by atoms with Crippen LogP contribution in [-0.2, 0) is 4.74 Å². The van der Waals surface area contributed by atoms with Crippen LogP contribution in [0.3, 0.4) is 0 Å². The first-order valence-electron chi connectivity index (χ1n) is 6.22. The summed E-state index contributed by atoms with van der Waals surface area (Å²) < 4.78 is 41.5. The average Bonchev–Trinajstić information content (AvgIpc) is 2.72. The molecule has 1 heterocycles. The van der Waals surface area contributed by atoms with Crippen molar-refractivity contribution in [3.63, 3.8) is 0 Å². The van der Waals surface area contributed by atoms with Crippen LogP contribution in [0.1, 0.15) is 6.42 Å². The van der Waals surface area contributed by atoms with Crippen molar-refractivity contribution in [1.29, 1.82) is 0 Å². The Hall–Kier alpha value is -1.02. The molecule has 1 saturated heterocycles. The molecule has 0 spiro atoms. The molecular weight excluding hydrogens is 261 g/mol. The van der Waals surface area contributed by atoms with Crippen LogP contribution in [0.4, 0.5) is 13.2 Å². The summed E-state index contributed by atoms with van der Waals surface area (Å²) in [6.07, 6.45) is -3.40. The number of ether oxygens (including phenoxy) is 1. The molecule has 0 aromatic heterocycles. The van der Waals surface area contributed by atoms with Gasteiger partial charge in [0.15, 0.2) is 5.96 Å². The van der Waals surface area contributed by atoms with Crippen LogP contribution < -0.4 is 11.1 Å². The minimum absolute atomic E-state index is 0.144. The first kappa shape index (κ1) is 16.0. The lowest BCUT2D eigenvalue weighted by Crippen LogP contribution is -2.35. The lowest BCUT2D eigenvalue weighted by molar-refractivity contribution is -0.143. The monoisotopic (exact) mass is 282 g/mol. The maximum Gasteiger partial charge on any atom is 0.401 e. The van der Waals surface area contributed by atoms with Crippen molar-refractivity contribution in [2.45, 2.75) is 12.6 Å². The number of guanidine groups is 1. The number of aliphatic imine (C=N–C) groups is 1. The zero-order valence-electron chi connectivity index (χ0n) is 11.0. The summed E-state index contributed by atoms with van der Waals surface area (Å²) in [5.74, 6) is 0.455. The predicted molar refractivity (Wildman–Crippen MR) is 67.0 cm³/mol. The maximum atomic E-state index is 12.2. The van der Waals surface area contributed by atoms with Crippen molar-refractivity contribution in [2.75, 3.05) is 46.4 Å². The SMILES string of the molecule is COCCNC(N)=NCC1CCN(CC(F)(F)F)C1. The third-order valence-corrected chi connectivity index (χ3v) is 2.90. The summed E-state index contributed by atoms with van der Waals surface area (Å²) in [4.78, 5) is 5.54. The topological polar surface area (TPSA) is 62.9 Å². The van der Waals surface area contributed by atoms with Crippen molar-refractivity contribution < 1.29 is 17.9 Å². The Kier molecular flexibility index (Phi) is 6.36. The van der Waals surface area contributed by atoms with Crippen LogP contribution in [0.15, 0.2) is 4.99 Å². The Labute approximate surface area is 111 Å². The van der Waals surface area contributed by atoms with E-state index in [-0.39, 0.29) is 5.92 Å². The zero-order valence-corrected chi connectivity index (χ0v) is 11.0. The summed E-state index contributed by atoms with van der Waals surface area (Å²) in [5, 5.41) is 2.87. The van der Waals surface area contributed by atoms with E-state index in [1.54, 1.807) is 7.11 Å². The molecule has 0 amide bonds. The molecule has 0 aliphatic carbocycles. The molecule has 0 aromatic carbocycles. The van der Waals surface area contributed by atoms with Crippen LogP contribution >= 0.6 is 0 Å². The van der Waals surface area contributed by atoms with E-state index in [1.807, 2.05) is 0 Å². The van der Waals surface area contributed by atoms with E-state index in [9.17, 15) is 13.2 Å². The van der Waals surface area contributed by atoms with Gasteiger partial charge in [-0.3, -0.25) is 9.89 Å². The summed E-state index contributed by atoms with van der Waals surface area (Å²) in [7, 11) is 1.59. The Morgan fingerprint density at radius 2 is 2.26 bits per heavy atom. The fourth-order valence-electron chi connectivity index (χ4n) is 2.02. The fraction of sp³-hybridized carbons (Fsp3) is 0.909. The molecule has 1 aliphatic rings. The van der Waals surface area contributed by atoms with Crippen LogP contribution in [0, 0.1) is 5.92 Å². The van der Waals surface area contributed by atoms with E-state index in [0.717, 1.165) is 6.42 Å². The highest BCUT2D eigenvalue weighted by molar-refractivity contribution is 5.77. The number of halogens is 3. The Morgan fingerprint density at radius 3 is 2.89 bits per heavy atom. The molecule has 1 atom stereocenters. The van der Waals surface area contributed by atoms with E-state index in [2.05, 4.69) is 10.3 Å². The van der Waals surface area contributed by atoms with E-state index in [1.165, 1.54) is 4.90 Å². The lowest BCUT2D eigenvalue weighted by atomic mass is 10.1. The third kappa shape index (κ3) is 7.22. The third-order valence-electron chi connectivity index (χ3n) is 2.90. The van der Waals surface area contributed by atoms with Gasteiger partial charge in [0.2, 0.25) is 0 Å². The smallest absolute Gasteiger partial charge is 0.383 e. The first-order chi connectivity index (χ1) is 8.90. The zero-order chi connectivity index (χ0) is 14.3. The normalized spacial score (nSPS) is 21.9. The molecule has 1 unspecified atom stereocenters.